The quantitative estimate of drug-likeness (QED) is 0.923. The van der Waals surface area contributed by atoms with Gasteiger partial charge in [0.05, 0.1) is 10.2 Å². The molecule has 6 heteroatoms. The Morgan fingerprint density at radius 1 is 1.21 bits per heavy atom. The van der Waals surface area contributed by atoms with E-state index in [2.05, 4.69) is 26.1 Å². The first kappa shape index (κ1) is 12.3. The molecular formula is C13H14BrN3O2. The summed E-state index contributed by atoms with van der Waals surface area (Å²) in [5.41, 5.74) is 1.94. The van der Waals surface area contributed by atoms with Crippen molar-refractivity contribution in [2.45, 2.75) is 0 Å². The van der Waals surface area contributed by atoms with Crippen LogP contribution >= 0.6 is 15.9 Å². The van der Waals surface area contributed by atoms with Crippen molar-refractivity contribution in [1.29, 1.82) is 0 Å². The molecule has 0 saturated carbocycles. The zero-order valence-corrected chi connectivity index (χ0v) is 12.3. The number of hydrogen-bond acceptors (Lipinski definition) is 4. The lowest BCUT2D eigenvalue weighted by Crippen LogP contribution is -2.15. The first-order valence-electron chi connectivity index (χ1n) is 5.98. The molecule has 0 fully saturated rings. The van der Waals surface area contributed by atoms with Gasteiger partial charge in [-0.25, -0.2) is 0 Å². The fraction of sp³-hybridized carbons (Fsp3) is 0.308. The molecule has 0 aliphatic carbocycles. The van der Waals surface area contributed by atoms with Crippen LogP contribution in [0.3, 0.4) is 0 Å². The number of aromatic nitrogens is 2. The molecule has 0 bridgehead atoms. The summed E-state index contributed by atoms with van der Waals surface area (Å²) in [5.74, 6) is 2.43. The number of aromatic amines is 1. The first-order valence-corrected chi connectivity index (χ1v) is 6.77. The Morgan fingerprint density at radius 3 is 2.63 bits per heavy atom. The van der Waals surface area contributed by atoms with E-state index in [1.165, 1.54) is 0 Å². The van der Waals surface area contributed by atoms with Crippen LogP contribution in [0.1, 0.15) is 0 Å². The third-order valence-corrected chi connectivity index (χ3v) is 3.70. The van der Waals surface area contributed by atoms with Gasteiger partial charge in [-0.05, 0) is 34.1 Å². The highest BCUT2D eigenvalue weighted by molar-refractivity contribution is 9.10. The molecule has 3 rings (SSSR count). The number of hydrogen-bond donors (Lipinski definition) is 1. The first-order chi connectivity index (χ1) is 9.16. The molecule has 2 heterocycles. The summed E-state index contributed by atoms with van der Waals surface area (Å²) in [6.07, 6.45) is 0. The Bertz CT molecular complexity index is 610. The van der Waals surface area contributed by atoms with E-state index in [-0.39, 0.29) is 0 Å². The number of benzene rings is 1. The molecular weight excluding hydrogens is 310 g/mol. The number of nitrogens with zero attached hydrogens (tertiary/aromatic N) is 2. The number of fused-ring (bicyclic) bond motifs is 1. The van der Waals surface area contributed by atoms with E-state index in [1.807, 2.05) is 37.2 Å². The molecule has 1 aromatic carbocycles. The molecule has 0 atom stereocenters. The summed E-state index contributed by atoms with van der Waals surface area (Å²) in [4.78, 5) is 1.95. The summed E-state index contributed by atoms with van der Waals surface area (Å²) in [7, 11) is 3.91. The maximum absolute atomic E-state index is 5.59. The maximum Gasteiger partial charge on any atom is 0.164 e. The van der Waals surface area contributed by atoms with Gasteiger partial charge in [-0.2, -0.15) is 5.10 Å². The van der Waals surface area contributed by atoms with Crippen LogP contribution in [0.25, 0.3) is 11.3 Å². The minimum Gasteiger partial charge on any atom is -0.486 e. The van der Waals surface area contributed by atoms with E-state index in [0.717, 1.165) is 33.0 Å². The predicted molar refractivity (Wildman–Crippen MR) is 77.0 cm³/mol. The van der Waals surface area contributed by atoms with Crippen molar-refractivity contribution in [2.24, 2.45) is 0 Å². The van der Waals surface area contributed by atoms with Gasteiger partial charge in [0.2, 0.25) is 0 Å². The highest BCUT2D eigenvalue weighted by Gasteiger charge is 2.17. The molecule has 2 aromatic rings. The molecule has 1 aromatic heterocycles. The standard InChI is InChI=1S/C13H14BrN3O2/c1-17(2)13-11(14)12(15-16-13)8-3-4-9-10(7-8)19-6-5-18-9/h3-4,7H,5-6H2,1-2H3,(H,15,16). The van der Waals surface area contributed by atoms with Crippen molar-refractivity contribution in [3.8, 4) is 22.8 Å². The second kappa shape index (κ2) is 4.77. The summed E-state index contributed by atoms with van der Waals surface area (Å²) < 4.78 is 12.1. The van der Waals surface area contributed by atoms with Crippen LogP contribution in [-0.2, 0) is 0 Å². The van der Waals surface area contributed by atoms with Gasteiger partial charge in [0.15, 0.2) is 17.3 Å². The highest BCUT2D eigenvalue weighted by Crippen LogP contribution is 2.38. The molecule has 0 radical (unpaired) electrons. The molecule has 0 amide bonds. The second-order valence-electron chi connectivity index (χ2n) is 4.49. The van der Waals surface area contributed by atoms with Crippen LogP contribution < -0.4 is 14.4 Å². The molecule has 100 valence electrons. The number of rotatable bonds is 2. The highest BCUT2D eigenvalue weighted by atomic mass is 79.9. The molecule has 1 N–H and O–H groups in total. The third-order valence-electron chi connectivity index (χ3n) is 2.94. The van der Waals surface area contributed by atoms with Crippen molar-refractivity contribution >= 4 is 21.7 Å². The zero-order chi connectivity index (χ0) is 13.4. The number of halogens is 1. The van der Waals surface area contributed by atoms with Gasteiger partial charge < -0.3 is 14.4 Å². The van der Waals surface area contributed by atoms with Crippen LogP contribution in [0.4, 0.5) is 5.82 Å². The number of nitrogens with one attached hydrogen (secondary N) is 1. The Kier molecular flexibility index (Phi) is 3.10. The largest absolute Gasteiger partial charge is 0.486 e. The topological polar surface area (TPSA) is 50.4 Å². The van der Waals surface area contributed by atoms with Gasteiger partial charge >= 0.3 is 0 Å². The summed E-state index contributed by atoms with van der Waals surface area (Å²) in [5, 5.41) is 7.33. The lowest BCUT2D eigenvalue weighted by molar-refractivity contribution is 0.171. The molecule has 5 nitrogen and oxygen atoms in total. The van der Waals surface area contributed by atoms with Crippen LogP contribution in [0.15, 0.2) is 22.7 Å². The Balaban J connectivity index is 2.02. The van der Waals surface area contributed by atoms with E-state index in [1.54, 1.807) is 0 Å². The Labute approximate surface area is 119 Å². The molecule has 0 saturated heterocycles. The van der Waals surface area contributed by atoms with Crippen LogP contribution in [0.5, 0.6) is 11.5 Å². The van der Waals surface area contributed by atoms with Gasteiger partial charge in [-0.3, -0.25) is 5.10 Å². The summed E-state index contributed by atoms with van der Waals surface area (Å²) in [6, 6.07) is 5.88. The van der Waals surface area contributed by atoms with E-state index >= 15 is 0 Å². The number of H-pyrrole nitrogens is 1. The van der Waals surface area contributed by atoms with Crippen molar-refractivity contribution < 1.29 is 9.47 Å². The van der Waals surface area contributed by atoms with Crippen molar-refractivity contribution in [3.05, 3.63) is 22.7 Å². The lowest BCUT2D eigenvalue weighted by atomic mass is 10.1. The average molecular weight is 324 g/mol. The number of anilines is 1. The minimum atomic E-state index is 0.587. The van der Waals surface area contributed by atoms with E-state index in [4.69, 9.17) is 9.47 Å². The fourth-order valence-electron chi connectivity index (χ4n) is 2.01. The summed E-state index contributed by atoms with van der Waals surface area (Å²) >= 11 is 3.58. The zero-order valence-electron chi connectivity index (χ0n) is 10.7. The third kappa shape index (κ3) is 2.16. The second-order valence-corrected chi connectivity index (χ2v) is 5.28. The minimum absolute atomic E-state index is 0.587. The fourth-order valence-corrected chi connectivity index (χ4v) is 2.77. The van der Waals surface area contributed by atoms with Gasteiger partial charge in [0.25, 0.3) is 0 Å². The number of ether oxygens (including phenoxy) is 2. The smallest absolute Gasteiger partial charge is 0.164 e. The predicted octanol–water partition coefficient (Wildman–Crippen LogP) is 2.68. The summed E-state index contributed by atoms with van der Waals surface area (Å²) in [6.45, 7) is 1.19. The van der Waals surface area contributed by atoms with Gasteiger partial charge in [0.1, 0.15) is 13.2 Å². The van der Waals surface area contributed by atoms with Gasteiger partial charge in [-0.15, -0.1) is 0 Å². The molecule has 19 heavy (non-hydrogen) atoms. The lowest BCUT2D eigenvalue weighted by Gasteiger charge is -2.18. The van der Waals surface area contributed by atoms with Gasteiger partial charge in [0, 0.05) is 19.7 Å². The normalized spacial score (nSPS) is 13.4. The van der Waals surface area contributed by atoms with E-state index in [0.29, 0.717) is 13.2 Å². The van der Waals surface area contributed by atoms with Crippen molar-refractivity contribution in [2.75, 3.05) is 32.2 Å². The Hall–Kier alpha value is -1.69. The van der Waals surface area contributed by atoms with Crippen LogP contribution in [0, 0.1) is 0 Å². The SMILES string of the molecule is CN(C)c1n[nH]c(-c2ccc3c(c2)OCCO3)c1Br. The van der Waals surface area contributed by atoms with E-state index in [9.17, 15) is 0 Å². The molecule has 0 spiro atoms. The Morgan fingerprint density at radius 2 is 1.95 bits per heavy atom. The maximum atomic E-state index is 5.59. The van der Waals surface area contributed by atoms with Gasteiger partial charge in [-0.1, -0.05) is 0 Å². The molecule has 1 aliphatic rings. The van der Waals surface area contributed by atoms with Crippen molar-refractivity contribution in [1.82, 2.24) is 10.2 Å². The van der Waals surface area contributed by atoms with Crippen LogP contribution in [0.2, 0.25) is 0 Å². The monoisotopic (exact) mass is 323 g/mol. The van der Waals surface area contributed by atoms with E-state index < -0.39 is 0 Å². The van der Waals surface area contributed by atoms with Crippen molar-refractivity contribution in [3.63, 3.8) is 0 Å². The average Bonchev–Trinajstić information content (AvgIpc) is 2.80. The molecule has 0 unspecified atom stereocenters. The molecule has 1 aliphatic heterocycles. The van der Waals surface area contributed by atoms with Crippen LogP contribution in [-0.4, -0.2) is 37.5 Å².